The molecule has 1 saturated heterocycles. The van der Waals surface area contributed by atoms with Crippen molar-refractivity contribution in [3.8, 4) is 0 Å². The van der Waals surface area contributed by atoms with E-state index in [1.54, 1.807) is 39.6 Å². The lowest BCUT2D eigenvalue weighted by Gasteiger charge is -2.40. The van der Waals surface area contributed by atoms with Gasteiger partial charge in [0, 0.05) is 26.1 Å². The third-order valence-corrected chi connectivity index (χ3v) is 4.65. The lowest BCUT2D eigenvalue weighted by atomic mass is 9.74. The van der Waals surface area contributed by atoms with Crippen LogP contribution in [0.2, 0.25) is 0 Å². The molecule has 0 aromatic carbocycles. The molecule has 1 rings (SSSR count). The Bertz CT molecular complexity index is 387. The van der Waals surface area contributed by atoms with Crippen LogP contribution in [0.5, 0.6) is 0 Å². The highest BCUT2D eigenvalue weighted by molar-refractivity contribution is 5.79. The van der Waals surface area contributed by atoms with Gasteiger partial charge in [0.05, 0.1) is 17.6 Å². The summed E-state index contributed by atoms with van der Waals surface area (Å²) in [7, 11) is 1.73. The van der Waals surface area contributed by atoms with E-state index in [2.05, 4.69) is 5.32 Å². The van der Waals surface area contributed by atoms with Gasteiger partial charge in [-0.25, -0.2) is 4.79 Å². The molecule has 0 spiro atoms. The molecule has 6 heteroatoms. The molecule has 0 radical (unpaired) electrons. The first-order chi connectivity index (χ1) is 9.58. The van der Waals surface area contributed by atoms with Gasteiger partial charge in [-0.2, -0.15) is 0 Å². The van der Waals surface area contributed by atoms with Gasteiger partial charge in [0.15, 0.2) is 0 Å². The molecule has 0 aliphatic carbocycles. The Morgan fingerprint density at radius 1 is 1.33 bits per heavy atom. The van der Waals surface area contributed by atoms with Gasteiger partial charge < -0.3 is 20.1 Å². The van der Waals surface area contributed by atoms with E-state index in [9.17, 15) is 14.7 Å². The van der Waals surface area contributed by atoms with Crippen molar-refractivity contribution in [2.75, 3.05) is 26.8 Å². The molecule has 1 fully saturated rings. The summed E-state index contributed by atoms with van der Waals surface area (Å²) in [6.45, 7) is 8.80. The number of amides is 2. The number of aliphatic carboxylic acids is 1. The van der Waals surface area contributed by atoms with Crippen LogP contribution in [0.1, 0.15) is 40.5 Å². The van der Waals surface area contributed by atoms with Crippen LogP contribution >= 0.6 is 0 Å². The Labute approximate surface area is 126 Å². The van der Waals surface area contributed by atoms with Gasteiger partial charge in [-0.3, -0.25) is 4.79 Å². The number of hydrogen-bond donors (Lipinski definition) is 2. The maximum atomic E-state index is 12.3. The van der Waals surface area contributed by atoms with E-state index in [0.29, 0.717) is 19.1 Å². The highest BCUT2D eigenvalue weighted by Crippen LogP contribution is 2.30. The Morgan fingerprint density at radius 2 is 1.95 bits per heavy atom. The van der Waals surface area contributed by atoms with Crippen LogP contribution in [0.3, 0.4) is 0 Å². The molecular weight excluding hydrogens is 272 g/mol. The van der Waals surface area contributed by atoms with Gasteiger partial charge in [-0.15, -0.1) is 0 Å². The molecule has 1 aliphatic rings. The third-order valence-electron chi connectivity index (χ3n) is 4.65. The summed E-state index contributed by atoms with van der Waals surface area (Å²) in [5.41, 5.74) is -1.91. The van der Waals surface area contributed by atoms with Crippen molar-refractivity contribution >= 4 is 12.0 Å². The maximum Gasteiger partial charge on any atom is 0.317 e. The number of rotatable bonds is 5. The van der Waals surface area contributed by atoms with Crippen LogP contribution in [0.25, 0.3) is 0 Å². The van der Waals surface area contributed by atoms with E-state index in [0.717, 1.165) is 19.4 Å². The molecule has 122 valence electrons. The van der Waals surface area contributed by atoms with Gasteiger partial charge in [0.25, 0.3) is 0 Å². The van der Waals surface area contributed by atoms with Crippen molar-refractivity contribution in [1.82, 2.24) is 10.2 Å². The minimum atomic E-state index is -1.06. The smallest absolute Gasteiger partial charge is 0.317 e. The Balaban J connectivity index is 2.60. The average Bonchev–Trinajstić information content (AvgIpc) is 2.38. The standard InChI is InChI=1S/C15H28N2O4/c1-14(2,12(18)19)15(3,4)16-13(20)17(5)9-11-7-6-8-21-10-11/h11H,6-10H2,1-5H3,(H,16,20)(H,18,19). The van der Waals surface area contributed by atoms with Gasteiger partial charge in [0.2, 0.25) is 0 Å². The second-order valence-electron chi connectivity index (χ2n) is 6.95. The number of nitrogens with zero attached hydrogens (tertiary/aromatic N) is 1. The van der Waals surface area contributed by atoms with Crippen molar-refractivity contribution in [2.45, 2.75) is 46.1 Å². The van der Waals surface area contributed by atoms with Crippen molar-refractivity contribution in [1.29, 1.82) is 0 Å². The lowest BCUT2D eigenvalue weighted by molar-refractivity contribution is -0.150. The quantitative estimate of drug-likeness (QED) is 0.813. The Morgan fingerprint density at radius 3 is 2.43 bits per heavy atom. The molecule has 6 nitrogen and oxygen atoms in total. The van der Waals surface area contributed by atoms with Crippen LogP contribution in [0.4, 0.5) is 4.79 Å². The molecule has 1 heterocycles. The predicted molar refractivity (Wildman–Crippen MR) is 80.2 cm³/mol. The summed E-state index contributed by atoms with van der Waals surface area (Å²) in [6.07, 6.45) is 2.08. The number of ether oxygens (including phenoxy) is 1. The zero-order valence-electron chi connectivity index (χ0n) is 13.7. The monoisotopic (exact) mass is 300 g/mol. The highest BCUT2D eigenvalue weighted by atomic mass is 16.5. The van der Waals surface area contributed by atoms with Gasteiger partial charge in [-0.05, 0) is 40.5 Å². The molecule has 1 aliphatic heterocycles. The fraction of sp³-hybridized carbons (Fsp3) is 0.867. The van der Waals surface area contributed by atoms with Crippen molar-refractivity contribution in [2.24, 2.45) is 11.3 Å². The largest absolute Gasteiger partial charge is 0.481 e. The second-order valence-corrected chi connectivity index (χ2v) is 6.95. The average molecular weight is 300 g/mol. The van der Waals surface area contributed by atoms with Gasteiger partial charge in [0.1, 0.15) is 0 Å². The number of hydrogen-bond acceptors (Lipinski definition) is 3. The highest BCUT2D eigenvalue weighted by Gasteiger charge is 2.44. The van der Waals surface area contributed by atoms with Crippen LogP contribution in [-0.4, -0.2) is 54.4 Å². The van der Waals surface area contributed by atoms with E-state index in [4.69, 9.17) is 4.74 Å². The number of carboxylic acids is 1. The first-order valence-corrected chi connectivity index (χ1v) is 7.42. The third kappa shape index (κ3) is 4.33. The molecule has 0 aromatic rings. The fourth-order valence-electron chi connectivity index (χ4n) is 2.21. The summed E-state index contributed by atoms with van der Waals surface area (Å²) in [5, 5.41) is 12.1. The first-order valence-electron chi connectivity index (χ1n) is 7.42. The number of carbonyl (C=O) groups is 2. The van der Waals surface area contributed by atoms with E-state index in [-0.39, 0.29) is 6.03 Å². The molecule has 0 aromatic heterocycles. The number of urea groups is 1. The molecule has 21 heavy (non-hydrogen) atoms. The minimum absolute atomic E-state index is 0.250. The van der Waals surface area contributed by atoms with E-state index in [1.807, 2.05) is 0 Å². The summed E-state index contributed by atoms with van der Waals surface area (Å²) in [6, 6.07) is -0.250. The number of carbonyl (C=O) groups excluding carboxylic acids is 1. The molecule has 1 atom stereocenters. The summed E-state index contributed by atoms with van der Waals surface area (Å²) < 4.78 is 5.41. The SMILES string of the molecule is CN(CC1CCCOC1)C(=O)NC(C)(C)C(C)(C)C(=O)O. The molecule has 0 bridgehead atoms. The molecule has 0 saturated carbocycles. The molecule has 2 N–H and O–H groups in total. The van der Waals surface area contributed by atoms with Crippen LogP contribution in [0, 0.1) is 11.3 Å². The predicted octanol–water partition coefficient (Wildman–Crippen LogP) is 1.94. The van der Waals surface area contributed by atoms with E-state index < -0.39 is 16.9 Å². The van der Waals surface area contributed by atoms with Crippen LogP contribution < -0.4 is 5.32 Å². The van der Waals surface area contributed by atoms with Crippen molar-refractivity contribution in [3.05, 3.63) is 0 Å². The summed E-state index contributed by atoms with van der Waals surface area (Å²) in [5.74, 6) is -0.582. The zero-order valence-corrected chi connectivity index (χ0v) is 13.7. The second kappa shape index (κ2) is 6.64. The Hall–Kier alpha value is -1.30. The number of nitrogens with one attached hydrogen (secondary N) is 1. The van der Waals surface area contributed by atoms with Gasteiger partial charge in [-0.1, -0.05) is 0 Å². The van der Waals surface area contributed by atoms with E-state index >= 15 is 0 Å². The van der Waals surface area contributed by atoms with E-state index in [1.165, 1.54) is 0 Å². The molecular formula is C15H28N2O4. The first kappa shape index (κ1) is 17.8. The topological polar surface area (TPSA) is 78.9 Å². The lowest BCUT2D eigenvalue weighted by Crippen LogP contribution is -2.59. The zero-order chi connectivity index (χ0) is 16.3. The Kier molecular flexibility index (Phi) is 5.61. The normalized spacial score (nSPS) is 20.0. The van der Waals surface area contributed by atoms with Crippen molar-refractivity contribution < 1.29 is 19.4 Å². The fourth-order valence-corrected chi connectivity index (χ4v) is 2.21. The van der Waals surface area contributed by atoms with Crippen LogP contribution in [-0.2, 0) is 9.53 Å². The van der Waals surface area contributed by atoms with Crippen LogP contribution in [0.15, 0.2) is 0 Å². The van der Waals surface area contributed by atoms with Crippen molar-refractivity contribution in [3.63, 3.8) is 0 Å². The summed E-state index contributed by atoms with van der Waals surface area (Å²) in [4.78, 5) is 25.2. The number of carboxylic acid groups (broad SMARTS) is 1. The maximum absolute atomic E-state index is 12.3. The van der Waals surface area contributed by atoms with Gasteiger partial charge >= 0.3 is 12.0 Å². The minimum Gasteiger partial charge on any atom is -0.481 e. The molecule has 1 unspecified atom stereocenters. The summed E-state index contributed by atoms with van der Waals surface area (Å²) >= 11 is 0. The molecule has 2 amide bonds.